The Hall–Kier alpha value is -2.50. The van der Waals surface area contributed by atoms with Gasteiger partial charge in [-0.3, -0.25) is 4.68 Å². The fourth-order valence-electron chi connectivity index (χ4n) is 2.07. The Morgan fingerprint density at radius 3 is 2.86 bits per heavy atom. The number of benzene rings is 1. The predicted molar refractivity (Wildman–Crippen MR) is 82.1 cm³/mol. The van der Waals surface area contributed by atoms with Crippen LogP contribution < -0.4 is 11.1 Å². The van der Waals surface area contributed by atoms with E-state index in [2.05, 4.69) is 10.4 Å². The molecule has 0 bridgehead atoms. The van der Waals surface area contributed by atoms with Crippen LogP contribution in [0.2, 0.25) is 0 Å². The summed E-state index contributed by atoms with van der Waals surface area (Å²) in [6.07, 6.45) is 1.96. The zero-order valence-electron chi connectivity index (χ0n) is 12.5. The highest BCUT2D eigenvalue weighted by Crippen LogP contribution is 2.20. The lowest BCUT2D eigenvalue weighted by atomic mass is 10.1. The zero-order valence-corrected chi connectivity index (χ0v) is 12.5. The summed E-state index contributed by atoms with van der Waals surface area (Å²) >= 11 is 0. The molecule has 0 amide bonds. The summed E-state index contributed by atoms with van der Waals surface area (Å²) in [7, 11) is 1.89. The molecule has 0 saturated carbocycles. The number of esters is 1. The quantitative estimate of drug-likeness (QED) is 0.650. The minimum Gasteiger partial charge on any atom is -0.462 e. The average Bonchev–Trinajstić information content (AvgIpc) is 2.76. The van der Waals surface area contributed by atoms with Crippen molar-refractivity contribution in [2.45, 2.75) is 20.4 Å². The zero-order chi connectivity index (χ0) is 15.4. The fraction of sp³-hybridized carbons (Fsp3) is 0.333. The van der Waals surface area contributed by atoms with E-state index < -0.39 is 5.97 Å². The molecule has 3 N–H and O–H groups in total. The summed E-state index contributed by atoms with van der Waals surface area (Å²) in [5.74, 6) is -0.406. The van der Waals surface area contributed by atoms with Crippen LogP contribution in [-0.4, -0.2) is 22.4 Å². The molecule has 0 aliphatic rings. The van der Waals surface area contributed by atoms with Crippen LogP contribution in [-0.2, 0) is 18.3 Å². The number of nitrogens with one attached hydrogen (secondary N) is 1. The van der Waals surface area contributed by atoms with Crippen molar-refractivity contribution in [1.82, 2.24) is 9.78 Å². The van der Waals surface area contributed by atoms with Crippen LogP contribution in [0.5, 0.6) is 0 Å². The van der Waals surface area contributed by atoms with Crippen molar-refractivity contribution in [3.63, 3.8) is 0 Å². The molecule has 2 rings (SSSR count). The number of hydrogen-bond acceptors (Lipinski definition) is 5. The van der Waals surface area contributed by atoms with Crippen molar-refractivity contribution in [1.29, 1.82) is 0 Å². The number of aromatic nitrogens is 2. The lowest BCUT2D eigenvalue weighted by Crippen LogP contribution is -2.09. The number of aryl methyl sites for hydroxylation is 2. The van der Waals surface area contributed by atoms with Crippen molar-refractivity contribution < 1.29 is 9.53 Å². The van der Waals surface area contributed by atoms with Gasteiger partial charge in [0.15, 0.2) is 0 Å². The molecular weight excluding hydrogens is 268 g/mol. The standard InChI is InChI=1S/C15H20N4O2/c1-4-21-15(20)13-7-12(5-6-14(13)16)17-8-11-9-19(3)18-10(11)2/h5-7,9,17H,4,8,16H2,1-3H3. The molecule has 6 heteroatoms. The van der Waals surface area contributed by atoms with Crippen molar-refractivity contribution >= 4 is 17.3 Å². The second kappa shape index (κ2) is 6.30. The normalized spacial score (nSPS) is 10.4. The first-order chi connectivity index (χ1) is 10.0. The van der Waals surface area contributed by atoms with Crippen LogP contribution in [0.3, 0.4) is 0 Å². The van der Waals surface area contributed by atoms with Crippen LogP contribution in [0.1, 0.15) is 28.5 Å². The summed E-state index contributed by atoms with van der Waals surface area (Å²) in [4.78, 5) is 11.8. The lowest BCUT2D eigenvalue weighted by molar-refractivity contribution is 0.0527. The first-order valence-corrected chi connectivity index (χ1v) is 6.81. The molecule has 1 heterocycles. The van der Waals surface area contributed by atoms with Gasteiger partial charge in [0, 0.05) is 36.7 Å². The number of rotatable bonds is 5. The average molecular weight is 288 g/mol. The molecule has 1 aromatic heterocycles. The molecular formula is C15H20N4O2. The SMILES string of the molecule is CCOC(=O)c1cc(NCc2cn(C)nc2C)ccc1N. The van der Waals surface area contributed by atoms with E-state index in [9.17, 15) is 4.79 Å². The number of carbonyl (C=O) groups excluding carboxylic acids is 1. The molecule has 0 saturated heterocycles. The number of nitrogen functional groups attached to an aromatic ring is 1. The van der Waals surface area contributed by atoms with Crippen molar-refractivity contribution in [2.24, 2.45) is 7.05 Å². The highest BCUT2D eigenvalue weighted by Gasteiger charge is 2.11. The second-order valence-corrected chi connectivity index (χ2v) is 4.79. The third-order valence-corrected chi connectivity index (χ3v) is 3.15. The summed E-state index contributed by atoms with van der Waals surface area (Å²) in [6, 6.07) is 5.24. The maximum atomic E-state index is 11.8. The predicted octanol–water partition coefficient (Wildman–Crippen LogP) is 2.10. The molecule has 0 atom stereocenters. The third-order valence-electron chi connectivity index (χ3n) is 3.15. The molecule has 0 fully saturated rings. The van der Waals surface area contributed by atoms with Gasteiger partial charge in [0.1, 0.15) is 0 Å². The molecule has 21 heavy (non-hydrogen) atoms. The maximum absolute atomic E-state index is 11.8. The summed E-state index contributed by atoms with van der Waals surface area (Å²) in [6.45, 7) is 4.68. The van der Waals surface area contributed by atoms with Gasteiger partial charge in [-0.15, -0.1) is 0 Å². The Balaban J connectivity index is 2.12. The highest BCUT2D eigenvalue weighted by molar-refractivity contribution is 5.96. The minimum atomic E-state index is -0.406. The number of anilines is 2. The van der Waals surface area contributed by atoms with Gasteiger partial charge in [-0.05, 0) is 32.0 Å². The van der Waals surface area contributed by atoms with Crippen LogP contribution in [0.15, 0.2) is 24.4 Å². The van der Waals surface area contributed by atoms with Crippen LogP contribution in [0, 0.1) is 6.92 Å². The van der Waals surface area contributed by atoms with E-state index in [0.717, 1.165) is 16.9 Å². The van der Waals surface area contributed by atoms with E-state index in [4.69, 9.17) is 10.5 Å². The number of nitrogens with zero attached hydrogens (tertiary/aromatic N) is 2. The van der Waals surface area contributed by atoms with Crippen molar-refractivity contribution in [3.8, 4) is 0 Å². The van der Waals surface area contributed by atoms with E-state index in [1.54, 1.807) is 23.7 Å². The van der Waals surface area contributed by atoms with Crippen LogP contribution in [0.25, 0.3) is 0 Å². The topological polar surface area (TPSA) is 82.2 Å². The van der Waals surface area contributed by atoms with Gasteiger partial charge in [0.2, 0.25) is 0 Å². The molecule has 6 nitrogen and oxygen atoms in total. The Kier molecular flexibility index (Phi) is 4.47. The first kappa shape index (κ1) is 14.9. The third kappa shape index (κ3) is 3.53. The van der Waals surface area contributed by atoms with E-state index in [0.29, 0.717) is 24.4 Å². The van der Waals surface area contributed by atoms with Crippen LogP contribution >= 0.6 is 0 Å². The Bertz CT molecular complexity index is 649. The first-order valence-electron chi connectivity index (χ1n) is 6.81. The van der Waals surface area contributed by atoms with E-state index in [1.165, 1.54) is 0 Å². The van der Waals surface area contributed by atoms with Gasteiger partial charge >= 0.3 is 5.97 Å². The monoisotopic (exact) mass is 288 g/mol. The Morgan fingerprint density at radius 2 is 2.24 bits per heavy atom. The van der Waals surface area contributed by atoms with E-state index in [-0.39, 0.29) is 0 Å². The molecule has 1 aromatic carbocycles. The van der Waals surface area contributed by atoms with Crippen LogP contribution in [0.4, 0.5) is 11.4 Å². The molecule has 0 aliphatic carbocycles. The van der Waals surface area contributed by atoms with Gasteiger partial charge in [0.05, 0.1) is 17.9 Å². The molecule has 0 unspecified atom stereocenters. The van der Waals surface area contributed by atoms with Crippen molar-refractivity contribution in [2.75, 3.05) is 17.7 Å². The number of ether oxygens (including phenoxy) is 1. The minimum absolute atomic E-state index is 0.324. The summed E-state index contributed by atoms with van der Waals surface area (Å²) in [5.41, 5.74) is 9.50. The largest absolute Gasteiger partial charge is 0.462 e. The number of nitrogens with two attached hydrogens (primary N) is 1. The number of carbonyl (C=O) groups is 1. The molecule has 2 aromatic rings. The van der Waals surface area contributed by atoms with Gasteiger partial charge < -0.3 is 15.8 Å². The highest BCUT2D eigenvalue weighted by atomic mass is 16.5. The lowest BCUT2D eigenvalue weighted by Gasteiger charge is -2.10. The molecule has 112 valence electrons. The van der Waals surface area contributed by atoms with Gasteiger partial charge in [-0.2, -0.15) is 5.10 Å². The molecule has 0 aliphatic heterocycles. The Morgan fingerprint density at radius 1 is 1.48 bits per heavy atom. The number of hydrogen-bond donors (Lipinski definition) is 2. The summed E-state index contributed by atoms with van der Waals surface area (Å²) < 4.78 is 6.77. The maximum Gasteiger partial charge on any atom is 0.340 e. The van der Waals surface area contributed by atoms with Gasteiger partial charge in [-0.1, -0.05) is 0 Å². The van der Waals surface area contributed by atoms with Gasteiger partial charge in [-0.25, -0.2) is 4.79 Å². The van der Waals surface area contributed by atoms with E-state index >= 15 is 0 Å². The molecule has 0 spiro atoms. The molecule has 0 radical (unpaired) electrons. The van der Waals surface area contributed by atoms with Gasteiger partial charge in [0.25, 0.3) is 0 Å². The van der Waals surface area contributed by atoms with Crippen molar-refractivity contribution in [3.05, 3.63) is 41.2 Å². The smallest absolute Gasteiger partial charge is 0.340 e. The fourth-order valence-corrected chi connectivity index (χ4v) is 2.07. The van der Waals surface area contributed by atoms with E-state index in [1.807, 2.05) is 26.2 Å². The second-order valence-electron chi connectivity index (χ2n) is 4.79. The Labute approximate surface area is 123 Å². The summed E-state index contributed by atoms with van der Waals surface area (Å²) in [5, 5.41) is 7.55.